The van der Waals surface area contributed by atoms with Gasteiger partial charge in [0.1, 0.15) is 0 Å². The second-order valence-corrected chi connectivity index (χ2v) is 8.03. The molecule has 0 aliphatic carbocycles. The first-order valence-corrected chi connectivity index (χ1v) is 9.70. The summed E-state index contributed by atoms with van der Waals surface area (Å²) in [5.74, 6) is -0.588. The molecule has 0 unspecified atom stereocenters. The molecule has 2 aromatic rings. The first-order chi connectivity index (χ1) is 11.8. The summed E-state index contributed by atoms with van der Waals surface area (Å²) in [6.45, 7) is 1.71. The number of ether oxygens (including phenoxy) is 1. The molecule has 1 N–H and O–H groups in total. The molecular weight excluding hydrogens is 406 g/mol. The van der Waals surface area contributed by atoms with Crippen LogP contribution in [0.5, 0.6) is 0 Å². The van der Waals surface area contributed by atoms with Crippen molar-refractivity contribution < 1.29 is 17.9 Å². The molecule has 0 aliphatic rings. The number of hydrogen-bond donors (Lipinski definition) is 1. The Morgan fingerprint density at radius 3 is 2.28 bits per heavy atom. The standard InChI is InChI=1S/C18H18BrNO4S/c1-13-3-9-17(10-4-13)25(22,23)20-12-15(18(21)24-2)11-14-5-7-16(19)8-6-14/h3-11,20H,12H2,1-2H3. The maximum Gasteiger partial charge on any atom is 0.335 e. The second-order valence-electron chi connectivity index (χ2n) is 5.35. The second kappa shape index (κ2) is 8.42. The third-order valence-electron chi connectivity index (χ3n) is 3.44. The van der Waals surface area contributed by atoms with E-state index in [4.69, 9.17) is 4.74 Å². The van der Waals surface area contributed by atoms with Gasteiger partial charge in [-0.2, -0.15) is 0 Å². The number of halogens is 1. The van der Waals surface area contributed by atoms with Crippen molar-refractivity contribution in [3.05, 3.63) is 69.7 Å². The molecule has 0 heterocycles. The topological polar surface area (TPSA) is 72.5 Å². The minimum atomic E-state index is -3.72. The Balaban J connectivity index is 2.21. The van der Waals surface area contributed by atoms with E-state index < -0.39 is 16.0 Å². The molecule has 0 aliphatic heterocycles. The number of aryl methyl sites for hydroxylation is 1. The van der Waals surface area contributed by atoms with Gasteiger partial charge in [0.05, 0.1) is 17.6 Å². The van der Waals surface area contributed by atoms with Crippen LogP contribution in [0.3, 0.4) is 0 Å². The predicted octanol–water partition coefficient (Wildman–Crippen LogP) is 3.29. The van der Waals surface area contributed by atoms with E-state index in [2.05, 4.69) is 20.7 Å². The number of carbonyl (C=O) groups is 1. The van der Waals surface area contributed by atoms with Gasteiger partial charge in [-0.1, -0.05) is 45.8 Å². The van der Waals surface area contributed by atoms with Gasteiger partial charge in [0, 0.05) is 11.0 Å². The molecule has 2 aromatic carbocycles. The molecule has 0 bridgehead atoms. The van der Waals surface area contributed by atoms with Gasteiger partial charge in [-0.3, -0.25) is 0 Å². The van der Waals surface area contributed by atoms with Crippen LogP contribution in [0.2, 0.25) is 0 Å². The number of rotatable bonds is 6. The van der Waals surface area contributed by atoms with Gasteiger partial charge in [-0.05, 0) is 42.8 Å². The number of nitrogens with one attached hydrogen (secondary N) is 1. The van der Waals surface area contributed by atoms with Crippen molar-refractivity contribution in [2.45, 2.75) is 11.8 Å². The summed E-state index contributed by atoms with van der Waals surface area (Å²) in [5.41, 5.74) is 1.93. The largest absolute Gasteiger partial charge is 0.466 e. The Hall–Kier alpha value is -1.96. The van der Waals surface area contributed by atoms with Crippen molar-refractivity contribution >= 4 is 38.0 Å². The van der Waals surface area contributed by atoms with E-state index in [-0.39, 0.29) is 17.0 Å². The zero-order chi connectivity index (χ0) is 18.4. The number of esters is 1. The highest BCUT2D eigenvalue weighted by atomic mass is 79.9. The molecule has 0 fully saturated rings. The van der Waals surface area contributed by atoms with Gasteiger partial charge in [-0.15, -0.1) is 0 Å². The molecule has 0 amide bonds. The van der Waals surface area contributed by atoms with Crippen LogP contribution in [-0.2, 0) is 19.6 Å². The highest BCUT2D eigenvalue weighted by Crippen LogP contribution is 2.15. The lowest BCUT2D eigenvalue weighted by atomic mass is 10.1. The van der Waals surface area contributed by atoms with Crippen molar-refractivity contribution in [1.29, 1.82) is 0 Å². The summed E-state index contributed by atoms with van der Waals surface area (Å²) in [4.78, 5) is 12.1. The first kappa shape index (κ1) is 19.4. The molecule has 0 aromatic heterocycles. The fraction of sp³-hybridized carbons (Fsp3) is 0.167. The van der Waals surface area contributed by atoms with Gasteiger partial charge in [0.25, 0.3) is 0 Å². The average Bonchev–Trinajstić information content (AvgIpc) is 2.60. The molecule has 25 heavy (non-hydrogen) atoms. The quantitative estimate of drug-likeness (QED) is 0.571. The fourth-order valence-corrected chi connectivity index (χ4v) is 3.32. The molecular formula is C18H18BrNO4S. The lowest BCUT2D eigenvalue weighted by Crippen LogP contribution is -2.28. The first-order valence-electron chi connectivity index (χ1n) is 7.42. The monoisotopic (exact) mass is 423 g/mol. The lowest BCUT2D eigenvalue weighted by Gasteiger charge is -2.09. The SMILES string of the molecule is COC(=O)C(=Cc1ccc(Br)cc1)CNS(=O)(=O)c1ccc(C)cc1. The fourth-order valence-electron chi connectivity index (χ4n) is 2.05. The van der Waals surface area contributed by atoms with E-state index in [0.29, 0.717) is 0 Å². The third kappa shape index (κ3) is 5.52. The molecule has 0 radical (unpaired) electrons. The van der Waals surface area contributed by atoms with Crippen LogP contribution in [0.4, 0.5) is 0 Å². The van der Waals surface area contributed by atoms with Gasteiger partial charge in [-0.25, -0.2) is 17.9 Å². The van der Waals surface area contributed by atoms with E-state index in [1.165, 1.54) is 19.2 Å². The number of benzene rings is 2. The minimum absolute atomic E-state index is 0.144. The predicted molar refractivity (Wildman–Crippen MR) is 101 cm³/mol. The number of hydrogen-bond acceptors (Lipinski definition) is 4. The van der Waals surface area contributed by atoms with Crippen LogP contribution in [0, 0.1) is 6.92 Å². The van der Waals surface area contributed by atoms with Gasteiger partial charge >= 0.3 is 5.97 Å². The Morgan fingerprint density at radius 1 is 1.12 bits per heavy atom. The zero-order valence-corrected chi connectivity index (χ0v) is 16.2. The van der Waals surface area contributed by atoms with Crippen LogP contribution in [0.25, 0.3) is 6.08 Å². The smallest absolute Gasteiger partial charge is 0.335 e. The minimum Gasteiger partial charge on any atom is -0.466 e. The van der Waals surface area contributed by atoms with Crippen LogP contribution in [0.1, 0.15) is 11.1 Å². The molecule has 0 saturated carbocycles. The number of sulfonamides is 1. The summed E-state index contributed by atoms with van der Waals surface area (Å²) in [5, 5.41) is 0. The van der Waals surface area contributed by atoms with Gasteiger partial charge in [0.15, 0.2) is 0 Å². The summed E-state index contributed by atoms with van der Waals surface area (Å²) in [6, 6.07) is 13.8. The summed E-state index contributed by atoms with van der Waals surface area (Å²) in [7, 11) is -2.46. The van der Waals surface area contributed by atoms with Crippen molar-refractivity contribution in [3.63, 3.8) is 0 Å². The Kier molecular flexibility index (Phi) is 6.52. The maximum atomic E-state index is 12.4. The van der Waals surface area contributed by atoms with Crippen molar-refractivity contribution in [1.82, 2.24) is 4.72 Å². The highest BCUT2D eigenvalue weighted by molar-refractivity contribution is 9.10. The molecule has 7 heteroatoms. The molecule has 0 saturated heterocycles. The van der Waals surface area contributed by atoms with E-state index in [9.17, 15) is 13.2 Å². The Bertz CT molecular complexity index is 872. The maximum absolute atomic E-state index is 12.4. The van der Waals surface area contributed by atoms with E-state index in [1.807, 2.05) is 31.2 Å². The Labute approximate surface area is 155 Å². The molecule has 0 spiro atoms. The van der Waals surface area contributed by atoms with E-state index >= 15 is 0 Å². The van der Waals surface area contributed by atoms with Crippen LogP contribution < -0.4 is 4.72 Å². The van der Waals surface area contributed by atoms with Crippen LogP contribution in [0.15, 0.2) is 63.5 Å². The van der Waals surface area contributed by atoms with Crippen molar-refractivity contribution in [2.24, 2.45) is 0 Å². The van der Waals surface area contributed by atoms with Crippen LogP contribution >= 0.6 is 15.9 Å². The van der Waals surface area contributed by atoms with Crippen LogP contribution in [-0.4, -0.2) is 28.0 Å². The molecule has 0 atom stereocenters. The number of carbonyl (C=O) groups excluding carboxylic acids is 1. The summed E-state index contributed by atoms with van der Waals surface area (Å²) >= 11 is 3.34. The molecule has 5 nitrogen and oxygen atoms in total. The van der Waals surface area contributed by atoms with E-state index in [1.54, 1.807) is 18.2 Å². The van der Waals surface area contributed by atoms with Crippen molar-refractivity contribution in [3.8, 4) is 0 Å². The normalized spacial score (nSPS) is 12.0. The Morgan fingerprint density at radius 2 is 1.72 bits per heavy atom. The van der Waals surface area contributed by atoms with E-state index in [0.717, 1.165) is 15.6 Å². The number of methoxy groups -OCH3 is 1. The molecule has 132 valence electrons. The van der Waals surface area contributed by atoms with Gasteiger partial charge < -0.3 is 4.74 Å². The highest BCUT2D eigenvalue weighted by Gasteiger charge is 2.17. The van der Waals surface area contributed by atoms with Crippen molar-refractivity contribution in [2.75, 3.05) is 13.7 Å². The van der Waals surface area contributed by atoms with Gasteiger partial charge in [0.2, 0.25) is 10.0 Å². The lowest BCUT2D eigenvalue weighted by molar-refractivity contribution is -0.136. The summed E-state index contributed by atoms with van der Waals surface area (Å²) in [6.07, 6.45) is 1.59. The molecule has 2 rings (SSSR count). The summed E-state index contributed by atoms with van der Waals surface area (Å²) < 4.78 is 32.8. The third-order valence-corrected chi connectivity index (χ3v) is 5.39. The average molecular weight is 424 g/mol. The zero-order valence-electron chi connectivity index (χ0n) is 13.8.